The summed E-state index contributed by atoms with van der Waals surface area (Å²) < 4.78 is 0. The molecule has 2 N–H and O–H groups in total. The van der Waals surface area contributed by atoms with Gasteiger partial charge >= 0.3 is 0 Å². The molecule has 1 heterocycles. The van der Waals surface area contributed by atoms with Crippen molar-refractivity contribution in [2.45, 2.75) is 43.8 Å². The second kappa shape index (κ2) is 6.45. The number of carbonyl (C=O) groups is 2. The Balaban J connectivity index is 1.68. The van der Waals surface area contributed by atoms with Crippen LogP contribution in [0.1, 0.15) is 38.5 Å². The van der Waals surface area contributed by atoms with E-state index < -0.39 is 0 Å². The summed E-state index contributed by atoms with van der Waals surface area (Å²) in [5, 5.41) is 0.692. The summed E-state index contributed by atoms with van der Waals surface area (Å²) in [7, 11) is 0. The van der Waals surface area contributed by atoms with E-state index in [0.717, 1.165) is 12.8 Å². The first-order valence-electron chi connectivity index (χ1n) is 6.85. The monoisotopic (exact) mass is 270 g/mol. The highest BCUT2D eigenvalue weighted by atomic mass is 32.2. The van der Waals surface area contributed by atoms with Crippen LogP contribution >= 0.6 is 11.8 Å². The Kier molecular flexibility index (Phi) is 4.92. The largest absolute Gasteiger partial charge is 0.369 e. The Morgan fingerprint density at radius 3 is 2.28 bits per heavy atom. The Morgan fingerprint density at radius 2 is 1.72 bits per heavy atom. The van der Waals surface area contributed by atoms with Crippen molar-refractivity contribution in [1.29, 1.82) is 0 Å². The summed E-state index contributed by atoms with van der Waals surface area (Å²) in [5.74, 6) is 0.583. The van der Waals surface area contributed by atoms with Gasteiger partial charge in [0.05, 0.1) is 5.75 Å². The normalized spacial score (nSPS) is 22.3. The van der Waals surface area contributed by atoms with Crippen molar-refractivity contribution in [3.05, 3.63) is 0 Å². The molecule has 1 saturated carbocycles. The molecule has 0 unspecified atom stereocenters. The number of hydrogen-bond acceptors (Lipinski definition) is 3. The lowest BCUT2D eigenvalue weighted by atomic mass is 9.96. The highest BCUT2D eigenvalue weighted by molar-refractivity contribution is 8.00. The average molecular weight is 270 g/mol. The average Bonchev–Trinajstić information content (AvgIpc) is 2.89. The van der Waals surface area contributed by atoms with Crippen LogP contribution in [0.4, 0.5) is 0 Å². The van der Waals surface area contributed by atoms with Gasteiger partial charge in [0.1, 0.15) is 0 Å². The molecule has 1 aliphatic heterocycles. The molecule has 4 nitrogen and oxygen atoms in total. The van der Waals surface area contributed by atoms with Crippen LogP contribution in [0.5, 0.6) is 0 Å². The van der Waals surface area contributed by atoms with E-state index in [2.05, 4.69) is 0 Å². The van der Waals surface area contributed by atoms with E-state index in [9.17, 15) is 9.59 Å². The lowest BCUT2D eigenvalue weighted by molar-refractivity contribution is -0.132. The number of amides is 2. The minimum atomic E-state index is -0.220. The Labute approximate surface area is 113 Å². The lowest BCUT2D eigenvalue weighted by Crippen LogP contribution is -2.42. The van der Waals surface area contributed by atoms with Gasteiger partial charge in [-0.1, -0.05) is 12.8 Å². The molecule has 0 aromatic rings. The van der Waals surface area contributed by atoms with Gasteiger partial charge < -0.3 is 10.6 Å². The Bertz CT molecular complexity index is 308. The van der Waals surface area contributed by atoms with Crippen molar-refractivity contribution in [2.24, 2.45) is 11.7 Å². The number of hydrogen-bond donors (Lipinski definition) is 1. The predicted octanol–water partition coefficient (Wildman–Crippen LogP) is 1.39. The fourth-order valence-electron chi connectivity index (χ4n) is 2.75. The van der Waals surface area contributed by atoms with Gasteiger partial charge in [0.2, 0.25) is 11.8 Å². The molecule has 1 saturated heterocycles. The van der Waals surface area contributed by atoms with Crippen molar-refractivity contribution in [2.75, 3.05) is 18.8 Å². The number of carbonyl (C=O) groups excluding carboxylic acids is 2. The Hall–Kier alpha value is -0.710. The Morgan fingerprint density at radius 1 is 1.11 bits per heavy atom. The number of nitrogens with two attached hydrogens (primary N) is 1. The molecule has 0 radical (unpaired) electrons. The summed E-state index contributed by atoms with van der Waals surface area (Å²) in [6.45, 7) is 1.38. The van der Waals surface area contributed by atoms with Gasteiger partial charge in [0.15, 0.2) is 0 Å². The maximum Gasteiger partial charge on any atom is 0.232 e. The highest BCUT2D eigenvalue weighted by Gasteiger charge is 2.26. The summed E-state index contributed by atoms with van der Waals surface area (Å²) in [5.41, 5.74) is 5.28. The van der Waals surface area contributed by atoms with Crippen LogP contribution in [0, 0.1) is 5.92 Å². The zero-order valence-corrected chi connectivity index (χ0v) is 11.6. The SMILES string of the molecule is NC(=O)C1CCN(C(=O)CSC2CCCC2)CC1. The van der Waals surface area contributed by atoms with E-state index in [0.29, 0.717) is 24.1 Å². The topological polar surface area (TPSA) is 63.4 Å². The maximum atomic E-state index is 12.0. The van der Waals surface area contributed by atoms with E-state index in [1.54, 1.807) is 0 Å². The van der Waals surface area contributed by atoms with Crippen molar-refractivity contribution in [3.63, 3.8) is 0 Å². The van der Waals surface area contributed by atoms with Crippen LogP contribution in [-0.4, -0.2) is 40.8 Å². The van der Waals surface area contributed by atoms with Gasteiger partial charge in [-0.2, -0.15) is 0 Å². The molecular formula is C13H22N2O2S. The lowest BCUT2D eigenvalue weighted by Gasteiger charge is -2.30. The molecule has 0 bridgehead atoms. The van der Waals surface area contributed by atoms with Gasteiger partial charge in [0.25, 0.3) is 0 Å². The molecule has 2 amide bonds. The molecule has 5 heteroatoms. The summed E-state index contributed by atoms with van der Waals surface area (Å²) >= 11 is 1.81. The van der Waals surface area contributed by atoms with E-state index in [4.69, 9.17) is 5.73 Å². The number of thioether (sulfide) groups is 1. The second-order valence-corrected chi connectivity index (χ2v) is 6.56. The number of likely N-dealkylation sites (tertiary alicyclic amines) is 1. The van der Waals surface area contributed by atoms with Crippen molar-refractivity contribution >= 4 is 23.6 Å². The van der Waals surface area contributed by atoms with Crippen LogP contribution in [0.3, 0.4) is 0 Å². The van der Waals surface area contributed by atoms with E-state index >= 15 is 0 Å². The first-order valence-corrected chi connectivity index (χ1v) is 7.90. The second-order valence-electron chi connectivity index (χ2n) is 5.27. The molecule has 18 heavy (non-hydrogen) atoms. The third-order valence-electron chi connectivity index (χ3n) is 3.99. The number of rotatable bonds is 4. The van der Waals surface area contributed by atoms with E-state index in [1.165, 1.54) is 25.7 Å². The van der Waals surface area contributed by atoms with Crippen molar-refractivity contribution in [3.8, 4) is 0 Å². The molecule has 0 aromatic heterocycles. The third-order valence-corrected chi connectivity index (χ3v) is 5.35. The summed E-state index contributed by atoms with van der Waals surface area (Å²) in [6, 6.07) is 0. The van der Waals surface area contributed by atoms with Crippen LogP contribution in [0.15, 0.2) is 0 Å². The van der Waals surface area contributed by atoms with Crippen LogP contribution < -0.4 is 5.73 Å². The molecule has 2 aliphatic rings. The molecular weight excluding hydrogens is 248 g/mol. The smallest absolute Gasteiger partial charge is 0.232 e. The van der Waals surface area contributed by atoms with E-state index in [-0.39, 0.29) is 17.7 Å². The first-order chi connectivity index (χ1) is 8.66. The van der Waals surface area contributed by atoms with Crippen LogP contribution in [-0.2, 0) is 9.59 Å². The molecule has 0 spiro atoms. The molecule has 102 valence electrons. The zero-order valence-electron chi connectivity index (χ0n) is 10.8. The van der Waals surface area contributed by atoms with Crippen LogP contribution in [0.25, 0.3) is 0 Å². The quantitative estimate of drug-likeness (QED) is 0.839. The number of piperidine rings is 1. The first kappa shape index (κ1) is 13.7. The van der Waals surface area contributed by atoms with Gasteiger partial charge in [-0.3, -0.25) is 9.59 Å². The zero-order chi connectivity index (χ0) is 13.0. The number of primary amides is 1. The maximum absolute atomic E-state index is 12.0. The van der Waals surface area contributed by atoms with E-state index in [1.807, 2.05) is 16.7 Å². The van der Waals surface area contributed by atoms with Crippen molar-refractivity contribution in [1.82, 2.24) is 4.90 Å². The van der Waals surface area contributed by atoms with Crippen LogP contribution in [0.2, 0.25) is 0 Å². The number of nitrogens with zero attached hydrogens (tertiary/aromatic N) is 1. The molecule has 1 aliphatic carbocycles. The fourth-order valence-corrected chi connectivity index (χ4v) is 3.98. The molecule has 2 rings (SSSR count). The highest BCUT2D eigenvalue weighted by Crippen LogP contribution is 2.29. The van der Waals surface area contributed by atoms with Gasteiger partial charge in [-0.15, -0.1) is 11.8 Å². The molecule has 0 aromatic carbocycles. The van der Waals surface area contributed by atoms with Crippen molar-refractivity contribution < 1.29 is 9.59 Å². The standard InChI is InChI=1S/C13H22N2O2S/c14-13(17)10-5-7-15(8-6-10)12(16)9-18-11-3-1-2-4-11/h10-11H,1-9H2,(H2,14,17). The van der Waals surface area contributed by atoms with Gasteiger partial charge in [-0.05, 0) is 25.7 Å². The summed E-state index contributed by atoms with van der Waals surface area (Å²) in [4.78, 5) is 25.0. The minimum absolute atomic E-state index is 0.0310. The molecule has 2 fully saturated rings. The third kappa shape index (κ3) is 3.64. The summed E-state index contributed by atoms with van der Waals surface area (Å²) in [6.07, 6.45) is 6.62. The van der Waals surface area contributed by atoms with Gasteiger partial charge in [0, 0.05) is 24.3 Å². The van der Waals surface area contributed by atoms with Gasteiger partial charge in [-0.25, -0.2) is 0 Å². The minimum Gasteiger partial charge on any atom is -0.369 e. The molecule has 0 atom stereocenters. The predicted molar refractivity (Wildman–Crippen MR) is 73.2 cm³/mol. The fraction of sp³-hybridized carbons (Fsp3) is 0.846.